The van der Waals surface area contributed by atoms with Gasteiger partial charge in [-0.15, -0.1) is 0 Å². The normalized spacial score (nSPS) is 13.3. The molecule has 68 valence electrons. The maximum atomic E-state index is 9.21. The topological polar surface area (TPSA) is 45.4 Å². The summed E-state index contributed by atoms with van der Waals surface area (Å²) in [6.45, 7) is 4.26. The van der Waals surface area contributed by atoms with Crippen LogP contribution in [0.15, 0.2) is 12.1 Å². The number of aliphatic hydroxyl groups is 2. The van der Waals surface area contributed by atoms with E-state index in [1.54, 1.807) is 0 Å². The fourth-order valence-electron chi connectivity index (χ4n) is 1.26. The summed E-state index contributed by atoms with van der Waals surface area (Å²) in [6, 6.07) is 4.00. The quantitative estimate of drug-likeness (QED) is 0.690. The van der Waals surface area contributed by atoms with Gasteiger partial charge in [0.05, 0.1) is 19.3 Å². The molecule has 1 rings (SSSR count). The number of hydrogen-bond donors (Lipinski definition) is 2. The molecule has 1 aromatic heterocycles. The van der Waals surface area contributed by atoms with Gasteiger partial charge >= 0.3 is 0 Å². The molecule has 0 aliphatic carbocycles. The van der Waals surface area contributed by atoms with E-state index in [9.17, 15) is 5.11 Å². The molecule has 1 aromatic rings. The van der Waals surface area contributed by atoms with Gasteiger partial charge in [0.1, 0.15) is 0 Å². The molecular weight excluding hydrogens is 154 g/mol. The lowest BCUT2D eigenvalue weighted by atomic mass is 10.3. The average molecular weight is 169 g/mol. The van der Waals surface area contributed by atoms with Crippen molar-refractivity contribution in [2.75, 3.05) is 6.61 Å². The molecule has 3 heteroatoms. The van der Waals surface area contributed by atoms with E-state index in [0.717, 1.165) is 11.4 Å². The van der Waals surface area contributed by atoms with Crippen LogP contribution in [0.4, 0.5) is 0 Å². The Morgan fingerprint density at radius 3 is 2.25 bits per heavy atom. The Labute approximate surface area is 72.3 Å². The summed E-state index contributed by atoms with van der Waals surface area (Å²) in [7, 11) is 0. The predicted molar refractivity (Wildman–Crippen MR) is 47.0 cm³/mol. The Hall–Kier alpha value is -0.800. The van der Waals surface area contributed by atoms with Gasteiger partial charge in [-0.25, -0.2) is 0 Å². The molecule has 0 bridgehead atoms. The molecule has 2 N–H and O–H groups in total. The third-order valence-electron chi connectivity index (χ3n) is 2.02. The smallest absolute Gasteiger partial charge is 0.0949 e. The summed E-state index contributed by atoms with van der Waals surface area (Å²) in [5, 5.41) is 17.9. The Balaban J connectivity index is 2.73. The Morgan fingerprint density at radius 1 is 1.33 bits per heavy atom. The molecule has 0 saturated heterocycles. The molecule has 1 unspecified atom stereocenters. The van der Waals surface area contributed by atoms with Crippen molar-refractivity contribution in [2.24, 2.45) is 0 Å². The molecule has 1 heterocycles. The molecule has 3 nitrogen and oxygen atoms in total. The van der Waals surface area contributed by atoms with Crippen molar-refractivity contribution in [1.82, 2.24) is 4.57 Å². The minimum absolute atomic E-state index is 0.183. The first kappa shape index (κ1) is 9.29. The lowest BCUT2D eigenvalue weighted by molar-refractivity contribution is 0.0804. The number of nitrogens with zero attached hydrogens (tertiary/aromatic N) is 1. The molecule has 0 saturated carbocycles. The van der Waals surface area contributed by atoms with Crippen molar-refractivity contribution in [3.63, 3.8) is 0 Å². The molecule has 1 atom stereocenters. The predicted octanol–water partition coefficient (Wildman–Crippen LogP) is 0.458. The summed E-state index contributed by atoms with van der Waals surface area (Å²) in [4.78, 5) is 0. The molecule has 0 radical (unpaired) electrons. The van der Waals surface area contributed by atoms with Gasteiger partial charge in [-0.3, -0.25) is 0 Å². The van der Waals surface area contributed by atoms with Crippen LogP contribution in [0, 0.1) is 13.8 Å². The number of aliphatic hydroxyl groups excluding tert-OH is 2. The highest BCUT2D eigenvalue weighted by molar-refractivity contribution is 5.13. The minimum Gasteiger partial charge on any atom is -0.394 e. The van der Waals surface area contributed by atoms with Crippen molar-refractivity contribution < 1.29 is 10.2 Å². The lowest BCUT2D eigenvalue weighted by Gasteiger charge is -2.12. The van der Waals surface area contributed by atoms with Crippen LogP contribution in [0.25, 0.3) is 0 Å². The summed E-state index contributed by atoms with van der Waals surface area (Å²) >= 11 is 0. The van der Waals surface area contributed by atoms with Crippen LogP contribution in [0.5, 0.6) is 0 Å². The van der Waals surface area contributed by atoms with Crippen molar-refractivity contribution in [3.05, 3.63) is 23.5 Å². The number of hydrogen-bond acceptors (Lipinski definition) is 2. The van der Waals surface area contributed by atoms with Gasteiger partial charge in [0.15, 0.2) is 0 Å². The molecule has 0 aromatic carbocycles. The van der Waals surface area contributed by atoms with Gasteiger partial charge in [0.2, 0.25) is 0 Å². The third-order valence-corrected chi connectivity index (χ3v) is 2.02. The van der Waals surface area contributed by atoms with Crippen LogP contribution in [0.2, 0.25) is 0 Å². The van der Waals surface area contributed by atoms with E-state index in [1.165, 1.54) is 0 Å². The molecular formula is C9H15NO2. The number of rotatable bonds is 3. The highest BCUT2D eigenvalue weighted by Gasteiger charge is 2.06. The molecule has 0 aliphatic rings. The zero-order chi connectivity index (χ0) is 9.14. The van der Waals surface area contributed by atoms with E-state index in [4.69, 9.17) is 5.11 Å². The van der Waals surface area contributed by atoms with Crippen molar-refractivity contribution in [3.8, 4) is 0 Å². The highest BCUT2D eigenvalue weighted by Crippen LogP contribution is 2.07. The van der Waals surface area contributed by atoms with E-state index in [0.29, 0.717) is 6.54 Å². The van der Waals surface area contributed by atoms with Crippen LogP contribution in [0.3, 0.4) is 0 Å². The fraction of sp³-hybridized carbons (Fsp3) is 0.556. The van der Waals surface area contributed by atoms with Crippen LogP contribution >= 0.6 is 0 Å². The summed E-state index contributed by atoms with van der Waals surface area (Å²) in [6.07, 6.45) is -0.658. The van der Waals surface area contributed by atoms with Crippen molar-refractivity contribution in [2.45, 2.75) is 26.5 Å². The first-order chi connectivity index (χ1) is 5.65. The third kappa shape index (κ3) is 1.87. The fourth-order valence-corrected chi connectivity index (χ4v) is 1.26. The largest absolute Gasteiger partial charge is 0.394 e. The molecule has 0 amide bonds. The van der Waals surface area contributed by atoms with Crippen LogP contribution in [0.1, 0.15) is 11.4 Å². The molecule has 0 fully saturated rings. The SMILES string of the molecule is Cc1ccc(C)n1CC(O)CO. The Kier molecular flexibility index (Phi) is 2.89. The van der Waals surface area contributed by atoms with E-state index >= 15 is 0 Å². The Morgan fingerprint density at radius 2 is 1.83 bits per heavy atom. The molecule has 0 aliphatic heterocycles. The van der Waals surface area contributed by atoms with Crippen LogP contribution in [-0.4, -0.2) is 27.5 Å². The number of aryl methyl sites for hydroxylation is 2. The van der Waals surface area contributed by atoms with E-state index in [-0.39, 0.29) is 6.61 Å². The minimum atomic E-state index is -0.658. The maximum Gasteiger partial charge on any atom is 0.0949 e. The molecule has 12 heavy (non-hydrogen) atoms. The second-order valence-corrected chi connectivity index (χ2v) is 3.06. The summed E-state index contributed by atoms with van der Waals surface area (Å²) < 4.78 is 1.99. The van der Waals surface area contributed by atoms with E-state index < -0.39 is 6.10 Å². The second-order valence-electron chi connectivity index (χ2n) is 3.06. The number of aromatic nitrogens is 1. The van der Waals surface area contributed by atoms with Crippen molar-refractivity contribution in [1.29, 1.82) is 0 Å². The zero-order valence-electron chi connectivity index (χ0n) is 7.49. The maximum absolute atomic E-state index is 9.21. The van der Waals surface area contributed by atoms with Gasteiger partial charge in [-0.05, 0) is 26.0 Å². The van der Waals surface area contributed by atoms with Crippen molar-refractivity contribution >= 4 is 0 Å². The summed E-state index contributed by atoms with van der Waals surface area (Å²) in [5.74, 6) is 0. The molecule has 0 spiro atoms. The summed E-state index contributed by atoms with van der Waals surface area (Å²) in [5.41, 5.74) is 2.22. The average Bonchev–Trinajstić information content (AvgIpc) is 2.35. The van der Waals surface area contributed by atoms with Gasteiger partial charge < -0.3 is 14.8 Å². The van der Waals surface area contributed by atoms with Gasteiger partial charge in [-0.2, -0.15) is 0 Å². The van der Waals surface area contributed by atoms with Gasteiger partial charge in [-0.1, -0.05) is 0 Å². The lowest BCUT2D eigenvalue weighted by Crippen LogP contribution is -2.21. The first-order valence-electron chi connectivity index (χ1n) is 4.07. The second kappa shape index (κ2) is 3.74. The van der Waals surface area contributed by atoms with E-state index in [2.05, 4.69) is 0 Å². The van der Waals surface area contributed by atoms with Crippen LogP contribution < -0.4 is 0 Å². The monoisotopic (exact) mass is 169 g/mol. The van der Waals surface area contributed by atoms with Gasteiger partial charge in [0, 0.05) is 11.4 Å². The highest BCUT2D eigenvalue weighted by atomic mass is 16.3. The Bertz CT molecular complexity index is 236. The standard InChI is InChI=1S/C9H15NO2/c1-7-3-4-8(2)10(7)5-9(12)6-11/h3-4,9,11-12H,5-6H2,1-2H3. The van der Waals surface area contributed by atoms with Crippen LogP contribution in [-0.2, 0) is 6.54 Å². The van der Waals surface area contributed by atoms with E-state index in [1.807, 2.05) is 30.5 Å². The first-order valence-corrected chi connectivity index (χ1v) is 4.07. The van der Waals surface area contributed by atoms with Gasteiger partial charge in [0.25, 0.3) is 0 Å². The zero-order valence-corrected chi connectivity index (χ0v) is 7.49.